The van der Waals surface area contributed by atoms with E-state index in [-0.39, 0.29) is 0 Å². The first-order valence-corrected chi connectivity index (χ1v) is 4.91. The van der Waals surface area contributed by atoms with Crippen molar-refractivity contribution in [1.82, 2.24) is 5.32 Å². The van der Waals surface area contributed by atoms with Gasteiger partial charge in [-0.3, -0.25) is 4.79 Å². The number of amides is 1. The standard InChI is InChI=1S/C9H8INO3/c10-7-4-2-1-3-6(7)9(14)11-5-8(12)13/h1-4H,5H2,(H,11,14)(H,12,13)/p-1. The van der Waals surface area contributed by atoms with Crippen LogP contribution >= 0.6 is 22.6 Å². The first-order chi connectivity index (χ1) is 6.61. The van der Waals surface area contributed by atoms with Crippen LogP contribution in [0.3, 0.4) is 0 Å². The average Bonchev–Trinajstić information content (AvgIpc) is 2.15. The molecular formula is C9H7INO3-. The molecule has 0 aliphatic heterocycles. The summed E-state index contributed by atoms with van der Waals surface area (Å²) in [6.45, 7) is -0.468. The van der Waals surface area contributed by atoms with Crippen molar-refractivity contribution in [2.45, 2.75) is 0 Å². The van der Waals surface area contributed by atoms with E-state index in [9.17, 15) is 14.7 Å². The molecule has 0 aliphatic carbocycles. The fraction of sp³-hybridized carbons (Fsp3) is 0.111. The number of halogens is 1. The lowest BCUT2D eigenvalue weighted by Gasteiger charge is -2.06. The Morgan fingerprint density at radius 1 is 1.36 bits per heavy atom. The summed E-state index contributed by atoms with van der Waals surface area (Å²) in [7, 11) is 0. The van der Waals surface area contributed by atoms with E-state index in [1.807, 2.05) is 22.6 Å². The third-order valence-corrected chi connectivity index (χ3v) is 2.45. The number of carbonyl (C=O) groups excluding carboxylic acids is 2. The lowest BCUT2D eigenvalue weighted by molar-refractivity contribution is -0.303. The van der Waals surface area contributed by atoms with Gasteiger partial charge < -0.3 is 15.2 Å². The number of hydrogen-bond donors (Lipinski definition) is 1. The summed E-state index contributed by atoms with van der Waals surface area (Å²) < 4.78 is 0.779. The van der Waals surface area contributed by atoms with E-state index < -0.39 is 18.4 Å². The van der Waals surface area contributed by atoms with E-state index in [2.05, 4.69) is 5.32 Å². The highest BCUT2D eigenvalue weighted by Crippen LogP contribution is 2.10. The summed E-state index contributed by atoms with van der Waals surface area (Å²) in [6, 6.07) is 6.92. The summed E-state index contributed by atoms with van der Waals surface area (Å²) in [5.41, 5.74) is 0.467. The van der Waals surface area contributed by atoms with Crippen LogP contribution in [0.4, 0.5) is 0 Å². The van der Waals surface area contributed by atoms with Crippen molar-refractivity contribution < 1.29 is 14.7 Å². The van der Waals surface area contributed by atoms with Crippen LogP contribution in [0.25, 0.3) is 0 Å². The summed E-state index contributed by atoms with van der Waals surface area (Å²) >= 11 is 2.01. The minimum Gasteiger partial charge on any atom is -0.548 e. The highest BCUT2D eigenvalue weighted by Gasteiger charge is 2.07. The van der Waals surface area contributed by atoms with Gasteiger partial charge in [0.05, 0.1) is 18.1 Å². The molecule has 0 saturated carbocycles. The van der Waals surface area contributed by atoms with Gasteiger partial charge in [-0.25, -0.2) is 0 Å². The van der Waals surface area contributed by atoms with Crippen LogP contribution in [0.5, 0.6) is 0 Å². The fourth-order valence-corrected chi connectivity index (χ4v) is 1.53. The monoisotopic (exact) mass is 304 g/mol. The van der Waals surface area contributed by atoms with E-state index in [0.29, 0.717) is 5.56 Å². The maximum atomic E-state index is 11.4. The lowest BCUT2D eigenvalue weighted by atomic mass is 10.2. The summed E-state index contributed by atoms with van der Waals surface area (Å²) in [6.07, 6.45) is 0. The highest BCUT2D eigenvalue weighted by atomic mass is 127. The van der Waals surface area contributed by atoms with Crippen LogP contribution < -0.4 is 10.4 Å². The number of carboxylic acids is 1. The van der Waals surface area contributed by atoms with Gasteiger partial charge in [0, 0.05) is 3.57 Å². The van der Waals surface area contributed by atoms with Gasteiger partial charge in [-0.05, 0) is 34.7 Å². The van der Waals surface area contributed by atoms with Crippen molar-refractivity contribution in [2.24, 2.45) is 0 Å². The molecule has 0 aliphatic rings. The molecule has 0 bridgehead atoms. The van der Waals surface area contributed by atoms with E-state index >= 15 is 0 Å². The van der Waals surface area contributed by atoms with Gasteiger partial charge in [0.15, 0.2) is 0 Å². The van der Waals surface area contributed by atoms with E-state index in [1.54, 1.807) is 24.3 Å². The predicted molar refractivity (Wildman–Crippen MR) is 56.5 cm³/mol. The number of hydrogen-bond acceptors (Lipinski definition) is 3. The van der Waals surface area contributed by atoms with Crippen molar-refractivity contribution in [1.29, 1.82) is 0 Å². The van der Waals surface area contributed by atoms with Crippen molar-refractivity contribution >= 4 is 34.5 Å². The number of carboxylic acid groups (broad SMARTS) is 1. The molecule has 1 rings (SSSR count). The Labute approximate surface area is 94.5 Å². The van der Waals surface area contributed by atoms with Gasteiger partial charge in [0.25, 0.3) is 5.91 Å². The van der Waals surface area contributed by atoms with Crippen LogP contribution in [0, 0.1) is 3.57 Å². The van der Waals surface area contributed by atoms with Gasteiger partial charge in [0.2, 0.25) is 0 Å². The molecule has 0 atom stereocenters. The molecule has 0 fully saturated rings. The minimum atomic E-state index is -1.30. The number of nitrogens with one attached hydrogen (secondary N) is 1. The molecule has 1 N–H and O–H groups in total. The zero-order valence-corrected chi connectivity index (χ0v) is 9.28. The smallest absolute Gasteiger partial charge is 0.252 e. The maximum absolute atomic E-state index is 11.4. The molecule has 0 aromatic heterocycles. The van der Waals surface area contributed by atoms with Gasteiger partial charge in [-0.2, -0.15) is 0 Å². The summed E-state index contributed by atoms with van der Waals surface area (Å²) in [5, 5.41) is 12.3. The molecule has 1 aromatic rings. The Kier molecular flexibility index (Phi) is 3.87. The lowest BCUT2D eigenvalue weighted by Crippen LogP contribution is -2.37. The van der Waals surface area contributed by atoms with Crippen molar-refractivity contribution in [3.8, 4) is 0 Å². The van der Waals surface area contributed by atoms with E-state index in [1.165, 1.54) is 0 Å². The highest BCUT2D eigenvalue weighted by molar-refractivity contribution is 14.1. The van der Waals surface area contributed by atoms with Crippen molar-refractivity contribution in [3.63, 3.8) is 0 Å². The van der Waals surface area contributed by atoms with Crippen LogP contribution in [0.15, 0.2) is 24.3 Å². The molecule has 74 valence electrons. The van der Waals surface area contributed by atoms with Gasteiger partial charge in [-0.15, -0.1) is 0 Å². The SMILES string of the molecule is O=C([O-])CNC(=O)c1ccccc1I. The molecule has 0 unspecified atom stereocenters. The van der Waals surface area contributed by atoms with Crippen LogP contribution in [-0.2, 0) is 4.79 Å². The molecule has 0 radical (unpaired) electrons. The number of benzene rings is 1. The number of aliphatic carboxylic acids is 1. The quantitative estimate of drug-likeness (QED) is 0.784. The Balaban J connectivity index is 2.70. The molecular weight excluding hydrogens is 297 g/mol. The predicted octanol–water partition coefficient (Wildman–Crippen LogP) is -0.229. The van der Waals surface area contributed by atoms with Gasteiger partial charge >= 0.3 is 0 Å². The summed E-state index contributed by atoms with van der Waals surface area (Å²) in [4.78, 5) is 21.5. The molecule has 5 heteroatoms. The zero-order valence-electron chi connectivity index (χ0n) is 7.12. The Bertz CT molecular complexity index is 365. The minimum absolute atomic E-state index is 0.404. The Hall–Kier alpha value is -1.11. The van der Waals surface area contributed by atoms with E-state index in [4.69, 9.17) is 0 Å². The normalized spacial score (nSPS) is 9.50. The molecule has 4 nitrogen and oxygen atoms in total. The molecule has 1 aromatic carbocycles. The fourth-order valence-electron chi connectivity index (χ4n) is 0.893. The van der Waals surface area contributed by atoms with Crippen LogP contribution in [0.2, 0.25) is 0 Å². The maximum Gasteiger partial charge on any atom is 0.252 e. The van der Waals surface area contributed by atoms with E-state index in [0.717, 1.165) is 3.57 Å². The largest absolute Gasteiger partial charge is 0.548 e. The van der Waals surface area contributed by atoms with Gasteiger partial charge in [-0.1, -0.05) is 12.1 Å². The molecule has 0 spiro atoms. The third-order valence-electron chi connectivity index (χ3n) is 1.51. The van der Waals surface area contributed by atoms with Crippen LogP contribution in [0.1, 0.15) is 10.4 Å². The molecule has 0 heterocycles. The first-order valence-electron chi connectivity index (χ1n) is 3.84. The second-order valence-corrected chi connectivity index (χ2v) is 3.70. The molecule has 14 heavy (non-hydrogen) atoms. The Morgan fingerprint density at radius 2 is 2.00 bits per heavy atom. The van der Waals surface area contributed by atoms with Crippen LogP contribution in [-0.4, -0.2) is 18.4 Å². The number of rotatable bonds is 3. The van der Waals surface area contributed by atoms with Crippen molar-refractivity contribution in [3.05, 3.63) is 33.4 Å². The summed E-state index contributed by atoms with van der Waals surface area (Å²) in [5.74, 6) is -1.71. The number of carbonyl (C=O) groups is 2. The zero-order chi connectivity index (χ0) is 10.6. The van der Waals surface area contributed by atoms with Gasteiger partial charge in [0.1, 0.15) is 0 Å². The second-order valence-electron chi connectivity index (χ2n) is 2.53. The molecule has 0 saturated heterocycles. The average molecular weight is 304 g/mol. The third kappa shape index (κ3) is 2.99. The molecule has 1 amide bonds. The Morgan fingerprint density at radius 3 is 2.57 bits per heavy atom. The topological polar surface area (TPSA) is 69.2 Å². The first kappa shape index (κ1) is 11.0. The van der Waals surface area contributed by atoms with Crippen molar-refractivity contribution in [2.75, 3.05) is 6.54 Å². The second kappa shape index (κ2) is 4.94.